The van der Waals surface area contributed by atoms with Crippen molar-refractivity contribution in [1.82, 2.24) is 9.80 Å². The fourth-order valence-electron chi connectivity index (χ4n) is 3.91. The summed E-state index contributed by atoms with van der Waals surface area (Å²) in [6.07, 6.45) is 5.69. The second kappa shape index (κ2) is 7.13. The molecule has 0 amide bonds. The van der Waals surface area contributed by atoms with Gasteiger partial charge in [0.15, 0.2) is 0 Å². The van der Waals surface area contributed by atoms with Crippen molar-refractivity contribution in [2.24, 2.45) is 5.92 Å². The SMILES string of the molecule is C[C@H]1CCC[C@H](N2CCN(Cc3cccc(Cl)c3)CC2)C1. The van der Waals surface area contributed by atoms with E-state index >= 15 is 0 Å². The van der Waals surface area contributed by atoms with Crippen LogP contribution in [0, 0.1) is 5.92 Å². The van der Waals surface area contributed by atoms with Crippen LogP contribution in [0.3, 0.4) is 0 Å². The minimum Gasteiger partial charge on any atom is -0.298 e. The summed E-state index contributed by atoms with van der Waals surface area (Å²) in [5.41, 5.74) is 1.34. The first-order valence-corrected chi connectivity index (χ1v) is 8.79. The van der Waals surface area contributed by atoms with E-state index < -0.39 is 0 Å². The van der Waals surface area contributed by atoms with Crippen LogP contribution in [0.25, 0.3) is 0 Å². The highest BCUT2D eigenvalue weighted by molar-refractivity contribution is 6.30. The molecule has 2 atom stereocenters. The Balaban J connectivity index is 1.48. The molecule has 3 heteroatoms. The first-order valence-electron chi connectivity index (χ1n) is 8.41. The Morgan fingerprint density at radius 2 is 1.95 bits per heavy atom. The fourth-order valence-corrected chi connectivity index (χ4v) is 4.13. The molecule has 2 fully saturated rings. The van der Waals surface area contributed by atoms with Crippen molar-refractivity contribution in [2.75, 3.05) is 26.2 Å². The molecule has 1 aliphatic carbocycles. The summed E-state index contributed by atoms with van der Waals surface area (Å²) in [6, 6.07) is 9.13. The molecule has 2 nitrogen and oxygen atoms in total. The first-order chi connectivity index (χ1) is 10.2. The Bertz CT molecular complexity index is 454. The second-order valence-electron chi connectivity index (χ2n) is 6.87. The van der Waals surface area contributed by atoms with E-state index in [9.17, 15) is 0 Å². The molecular formula is C18H27ClN2. The van der Waals surface area contributed by atoms with Crippen LogP contribution in [0.4, 0.5) is 0 Å². The van der Waals surface area contributed by atoms with E-state index in [-0.39, 0.29) is 0 Å². The molecule has 21 heavy (non-hydrogen) atoms. The lowest BCUT2D eigenvalue weighted by Gasteiger charge is -2.42. The van der Waals surface area contributed by atoms with Crippen LogP contribution in [0.15, 0.2) is 24.3 Å². The van der Waals surface area contributed by atoms with Crippen LogP contribution < -0.4 is 0 Å². The van der Waals surface area contributed by atoms with Crippen LogP contribution >= 0.6 is 11.6 Å². The van der Waals surface area contributed by atoms with Gasteiger partial charge in [0.2, 0.25) is 0 Å². The molecule has 0 unspecified atom stereocenters. The molecule has 0 bridgehead atoms. The molecule has 116 valence electrons. The van der Waals surface area contributed by atoms with Crippen molar-refractivity contribution >= 4 is 11.6 Å². The molecule has 2 aliphatic rings. The van der Waals surface area contributed by atoms with Crippen LogP contribution in [-0.4, -0.2) is 42.0 Å². The van der Waals surface area contributed by atoms with Crippen LogP contribution in [0.5, 0.6) is 0 Å². The van der Waals surface area contributed by atoms with Gasteiger partial charge in [-0.1, -0.05) is 43.5 Å². The molecule has 3 rings (SSSR count). The van der Waals surface area contributed by atoms with Crippen LogP contribution in [0.2, 0.25) is 5.02 Å². The highest BCUT2D eigenvalue weighted by Gasteiger charge is 2.27. The lowest BCUT2D eigenvalue weighted by molar-refractivity contribution is 0.0659. The number of nitrogens with zero attached hydrogens (tertiary/aromatic N) is 2. The Labute approximate surface area is 134 Å². The summed E-state index contributed by atoms with van der Waals surface area (Å²) in [7, 11) is 0. The summed E-state index contributed by atoms with van der Waals surface area (Å²) in [5.74, 6) is 0.924. The zero-order valence-electron chi connectivity index (χ0n) is 13.1. The molecular weight excluding hydrogens is 280 g/mol. The van der Waals surface area contributed by atoms with Gasteiger partial charge >= 0.3 is 0 Å². The summed E-state index contributed by atoms with van der Waals surface area (Å²) < 4.78 is 0. The third kappa shape index (κ3) is 4.21. The standard InChI is InChI=1S/C18H27ClN2/c1-15-4-2-7-18(12-15)21-10-8-20(9-11-21)14-16-5-3-6-17(19)13-16/h3,5-6,13,15,18H,2,4,7-12,14H2,1H3/t15-,18-/m0/s1. The van der Waals surface area contributed by atoms with E-state index in [1.807, 2.05) is 6.07 Å². The number of hydrogen-bond acceptors (Lipinski definition) is 2. The largest absolute Gasteiger partial charge is 0.298 e. The third-order valence-corrected chi connectivity index (χ3v) is 5.36. The average molecular weight is 307 g/mol. The Morgan fingerprint density at radius 3 is 2.67 bits per heavy atom. The summed E-state index contributed by atoms with van der Waals surface area (Å²) in [5, 5.41) is 0.849. The zero-order chi connectivity index (χ0) is 14.7. The van der Waals surface area contributed by atoms with Gasteiger partial charge in [-0.15, -0.1) is 0 Å². The van der Waals surface area contributed by atoms with E-state index in [2.05, 4.69) is 34.9 Å². The molecule has 0 N–H and O–H groups in total. The van der Waals surface area contributed by atoms with Gasteiger partial charge in [0.05, 0.1) is 0 Å². The van der Waals surface area contributed by atoms with E-state index in [1.165, 1.54) is 57.4 Å². The van der Waals surface area contributed by atoms with E-state index in [0.29, 0.717) is 0 Å². The van der Waals surface area contributed by atoms with E-state index in [1.54, 1.807) is 0 Å². The average Bonchev–Trinajstić information content (AvgIpc) is 2.48. The Morgan fingerprint density at radius 1 is 1.14 bits per heavy atom. The lowest BCUT2D eigenvalue weighted by atomic mass is 9.86. The van der Waals surface area contributed by atoms with Gasteiger partial charge in [-0.3, -0.25) is 9.80 Å². The normalized spacial score (nSPS) is 28.7. The number of hydrogen-bond donors (Lipinski definition) is 0. The maximum Gasteiger partial charge on any atom is 0.0409 e. The van der Waals surface area contributed by atoms with Gasteiger partial charge in [0, 0.05) is 43.8 Å². The zero-order valence-corrected chi connectivity index (χ0v) is 13.9. The number of piperazine rings is 1. The van der Waals surface area contributed by atoms with Gasteiger partial charge in [-0.2, -0.15) is 0 Å². The van der Waals surface area contributed by atoms with Crippen molar-refractivity contribution in [1.29, 1.82) is 0 Å². The molecule has 0 radical (unpaired) electrons. The summed E-state index contributed by atoms with van der Waals surface area (Å²) in [6.45, 7) is 8.31. The predicted octanol–water partition coefficient (Wildman–Crippen LogP) is 4.04. The maximum absolute atomic E-state index is 6.07. The van der Waals surface area contributed by atoms with Gasteiger partial charge < -0.3 is 0 Å². The second-order valence-corrected chi connectivity index (χ2v) is 7.30. The topological polar surface area (TPSA) is 6.48 Å². The smallest absolute Gasteiger partial charge is 0.0409 e. The molecule has 1 saturated carbocycles. The molecule has 1 aromatic rings. The minimum absolute atomic E-state index is 0.849. The molecule has 1 saturated heterocycles. The quantitative estimate of drug-likeness (QED) is 0.831. The van der Waals surface area contributed by atoms with E-state index in [4.69, 9.17) is 11.6 Å². The lowest BCUT2D eigenvalue weighted by Crippen LogP contribution is -2.50. The summed E-state index contributed by atoms with van der Waals surface area (Å²) in [4.78, 5) is 5.30. The van der Waals surface area contributed by atoms with Crippen LogP contribution in [-0.2, 0) is 6.54 Å². The van der Waals surface area contributed by atoms with Crippen molar-refractivity contribution in [3.8, 4) is 0 Å². The van der Waals surface area contributed by atoms with E-state index in [0.717, 1.165) is 23.5 Å². The minimum atomic E-state index is 0.849. The third-order valence-electron chi connectivity index (χ3n) is 5.13. The Kier molecular flexibility index (Phi) is 5.20. The fraction of sp³-hybridized carbons (Fsp3) is 0.667. The van der Waals surface area contributed by atoms with Gasteiger partial charge in [-0.25, -0.2) is 0 Å². The number of benzene rings is 1. The Hall–Kier alpha value is -0.570. The molecule has 0 aromatic heterocycles. The van der Waals surface area contributed by atoms with Crippen molar-refractivity contribution in [2.45, 2.75) is 45.2 Å². The molecule has 1 aliphatic heterocycles. The number of halogens is 1. The van der Waals surface area contributed by atoms with Crippen molar-refractivity contribution in [3.63, 3.8) is 0 Å². The highest BCUT2D eigenvalue weighted by atomic mass is 35.5. The molecule has 1 heterocycles. The maximum atomic E-state index is 6.07. The van der Waals surface area contributed by atoms with Crippen molar-refractivity contribution in [3.05, 3.63) is 34.9 Å². The summed E-state index contributed by atoms with van der Waals surface area (Å²) >= 11 is 6.07. The monoisotopic (exact) mass is 306 g/mol. The van der Waals surface area contributed by atoms with Crippen molar-refractivity contribution < 1.29 is 0 Å². The van der Waals surface area contributed by atoms with Gasteiger partial charge in [0.25, 0.3) is 0 Å². The van der Waals surface area contributed by atoms with Crippen LogP contribution in [0.1, 0.15) is 38.2 Å². The molecule has 0 spiro atoms. The number of rotatable bonds is 3. The first kappa shape index (κ1) is 15.3. The highest BCUT2D eigenvalue weighted by Crippen LogP contribution is 2.28. The van der Waals surface area contributed by atoms with Gasteiger partial charge in [0.1, 0.15) is 0 Å². The molecule has 1 aromatic carbocycles. The van der Waals surface area contributed by atoms with Gasteiger partial charge in [-0.05, 0) is 36.5 Å². The predicted molar refractivity (Wildman–Crippen MR) is 89.7 cm³/mol.